The van der Waals surface area contributed by atoms with Crippen molar-refractivity contribution < 1.29 is 4.79 Å². The maximum absolute atomic E-state index is 12.7. The molecule has 25 heavy (non-hydrogen) atoms. The Morgan fingerprint density at radius 1 is 1.04 bits per heavy atom. The number of nitrogens with zero attached hydrogens (tertiary/aromatic N) is 4. The number of likely N-dealkylation sites (tertiary alicyclic amines) is 1. The first-order valence-corrected chi connectivity index (χ1v) is 9.64. The highest BCUT2D eigenvalue weighted by molar-refractivity contribution is 5.74. The van der Waals surface area contributed by atoms with Gasteiger partial charge in [0.25, 0.3) is 0 Å². The van der Waals surface area contributed by atoms with E-state index in [4.69, 9.17) is 0 Å². The van der Waals surface area contributed by atoms with Crippen LogP contribution in [0.3, 0.4) is 0 Å². The Labute approximate surface area is 147 Å². The fourth-order valence-corrected chi connectivity index (χ4v) is 4.24. The molecule has 2 amide bonds. The van der Waals surface area contributed by atoms with Crippen molar-refractivity contribution in [2.75, 3.05) is 13.1 Å². The molecule has 132 valence electrons. The third kappa shape index (κ3) is 2.98. The Balaban J connectivity index is 1.21. The second kappa shape index (κ2) is 6.00. The number of carbonyl (C=O) groups excluding carboxylic acids is 1. The summed E-state index contributed by atoms with van der Waals surface area (Å²) in [7, 11) is 0. The SMILES string of the molecule is O=C(NC(C1CC1)C1CC1)N1CCC(c2nnc3ccccn23)CC1. The number of fused-ring (bicyclic) bond motifs is 1. The number of aromatic nitrogens is 3. The van der Waals surface area contributed by atoms with Gasteiger partial charge in [0.1, 0.15) is 5.82 Å². The number of amides is 2. The van der Waals surface area contributed by atoms with E-state index in [1.165, 1.54) is 25.7 Å². The lowest BCUT2D eigenvalue weighted by molar-refractivity contribution is 0.173. The molecule has 2 saturated carbocycles. The monoisotopic (exact) mass is 339 g/mol. The van der Waals surface area contributed by atoms with Crippen molar-refractivity contribution in [1.29, 1.82) is 0 Å². The van der Waals surface area contributed by atoms with Gasteiger partial charge >= 0.3 is 6.03 Å². The number of piperidine rings is 1. The van der Waals surface area contributed by atoms with E-state index in [0.717, 1.165) is 49.2 Å². The van der Waals surface area contributed by atoms with Crippen LogP contribution in [0.4, 0.5) is 4.79 Å². The van der Waals surface area contributed by atoms with Crippen LogP contribution in [-0.4, -0.2) is 44.7 Å². The van der Waals surface area contributed by atoms with Crippen molar-refractivity contribution in [3.05, 3.63) is 30.2 Å². The molecule has 3 heterocycles. The Morgan fingerprint density at radius 2 is 1.76 bits per heavy atom. The van der Waals surface area contributed by atoms with Crippen LogP contribution < -0.4 is 5.32 Å². The van der Waals surface area contributed by atoms with Gasteiger partial charge in [0.2, 0.25) is 0 Å². The van der Waals surface area contributed by atoms with Crippen molar-refractivity contribution >= 4 is 11.7 Å². The number of rotatable bonds is 4. The molecule has 2 aromatic heterocycles. The van der Waals surface area contributed by atoms with E-state index in [1.807, 2.05) is 29.3 Å². The Bertz CT molecular complexity index is 759. The summed E-state index contributed by atoms with van der Waals surface area (Å²) < 4.78 is 2.08. The molecule has 1 N–H and O–H groups in total. The molecule has 2 aromatic rings. The summed E-state index contributed by atoms with van der Waals surface area (Å²) in [6.45, 7) is 1.61. The second-order valence-electron chi connectivity index (χ2n) is 7.90. The lowest BCUT2D eigenvalue weighted by atomic mass is 9.96. The Hall–Kier alpha value is -2.11. The lowest BCUT2D eigenvalue weighted by Gasteiger charge is -2.32. The van der Waals surface area contributed by atoms with Crippen molar-refractivity contribution in [3.8, 4) is 0 Å². The van der Waals surface area contributed by atoms with Crippen LogP contribution in [0.2, 0.25) is 0 Å². The van der Waals surface area contributed by atoms with Crippen LogP contribution in [0.15, 0.2) is 24.4 Å². The predicted octanol–water partition coefficient (Wildman–Crippen LogP) is 2.81. The van der Waals surface area contributed by atoms with Crippen molar-refractivity contribution in [1.82, 2.24) is 24.8 Å². The molecule has 0 unspecified atom stereocenters. The Kier molecular flexibility index (Phi) is 3.64. The molecule has 3 fully saturated rings. The second-order valence-corrected chi connectivity index (χ2v) is 7.90. The summed E-state index contributed by atoms with van der Waals surface area (Å²) >= 11 is 0. The van der Waals surface area contributed by atoms with E-state index in [9.17, 15) is 4.79 Å². The van der Waals surface area contributed by atoms with E-state index in [2.05, 4.69) is 19.9 Å². The smallest absolute Gasteiger partial charge is 0.317 e. The number of pyridine rings is 1. The van der Waals surface area contributed by atoms with Gasteiger partial charge in [0, 0.05) is 31.2 Å². The molecule has 0 spiro atoms. The average Bonchev–Trinajstić information content (AvgIpc) is 3.57. The summed E-state index contributed by atoms with van der Waals surface area (Å²) in [4.78, 5) is 14.7. The first-order valence-electron chi connectivity index (χ1n) is 9.64. The minimum Gasteiger partial charge on any atom is -0.335 e. The number of carbonyl (C=O) groups is 1. The first-order chi connectivity index (χ1) is 12.3. The van der Waals surface area contributed by atoms with E-state index in [0.29, 0.717) is 12.0 Å². The molecule has 0 aromatic carbocycles. The van der Waals surface area contributed by atoms with Crippen LogP contribution in [0.25, 0.3) is 5.65 Å². The van der Waals surface area contributed by atoms with Crippen molar-refractivity contribution in [3.63, 3.8) is 0 Å². The lowest BCUT2D eigenvalue weighted by Crippen LogP contribution is -2.49. The van der Waals surface area contributed by atoms with E-state index in [-0.39, 0.29) is 6.03 Å². The largest absolute Gasteiger partial charge is 0.335 e. The molecule has 0 bridgehead atoms. The van der Waals surface area contributed by atoms with Gasteiger partial charge in [-0.05, 0) is 62.5 Å². The predicted molar refractivity (Wildman–Crippen MR) is 94.3 cm³/mol. The molecule has 0 atom stereocenters. The minimum atomic E-state index is 0.147. The first kappa shape index (κ1) is 15.2. The van der Waals surface area contributed by atoms with Crippen molar-refractivity contribution in [2.45, 2.75) is 50.5 Å². The maximum atomic E-state index is 12.7. The number of hydrogen-bond acceptors (Lipinski definition) is 3. The third-order valence-corrected chi connectivity index (χ3v) is 6.04. The highest BCUT2D eigenvalue weighted by atomic mass is 16.2. The molecule has 1 saturated heterocycles. The molecular weight excluding hydrogens is 314 g/mol. The normalized spacial score (nSPS) is 21.9. The van der Waals surface area contributed by atoms with Gasteiger partial charge in [0.15, 0.2) is 5.65 Å². The van der Waals surface area contributed by atoms with Gasteiger partial charge in [-0.3, -0.25) is 4.40 Å². The van der Waals surface area contributed by atoms with Gasteiger partial charge in [-0.25, -0.2) is 4.79 Å². The van der Waals surface area contributed by atoms with Gasteiger partial charge in [-0.15, -0.1) is 10.2 Å². The summed E-state index contributed by atoms with van der Waals surface area (Å²) in [5, 5.41) is 12.0. The Morgan fingerprint density at radius 3 is 2.44 bits per heavy atom. The number of nitrogens with one attached hydrogen (secondary N) is 1. The molecule has 1 aliphatic heterocycles. The fourth-order valence-electron chi connectivity index (χ4n) is 4.24. The number of urea groups is 1. The highest BCUT2D eigenvalue weighted by Gasteiger charge is 2.43. The topological polar surface area (TPSA) is 62.5 Å². The average molecular weight is 339 g/mol. The van der Waals surface area contributed by atoms with Crippen LogP contribution in [0.1, 0.15) is 50.3 Å². The van der Waals surface area contributed by atoms with Crippen LogP contribution >= 0.6 is 0 Å². The molecule has 0 radical (unpaired) electrons. The maximum Gasteiger partial charge on any atom is 0.317 e. The summed E-state index contributed by atoms with van der Waals surface area (Å²) in [5.41, 5.74) is 0.898. The fraction of sp³-hybridized carbons (Fsp3) is 0.632. The van der Waals surface area contributed by atoms with E-state index >= 15 is 0 Å². The van der Waals surface area contributed by atoms with Crippen LogP contribution in [0, 0.1) is 11.8 Å². The molecular formula is C19H25N5O. The molecule has 3 aliphatic rings. The van der Waals surface area contributed by atoms with Gasteiger partial charge in [-0.2, -0.15) is 0 Å². The van der Waals surface area contributed by atoms with Crippen molar-refractivity contribution in [2.24, 2.45) is 11.8 Å². The molecule has 5 rings (SSSR count). The third-order valence-electron chi connectivity index (χ3n) is 6.04. The summed E-state index contributed by atoms with van der Waals surface area (Å²) in [6.07, 6.45) is 9.13. The van der Waals surface area contributed by atoms with Crippen LogP contribution in [-0.2, 0) is 0 Å². The summed E-state index contributed by atoms with van der Waals surface area (Å²) in [5.74, 6) is 2.90. The van der Waals surface area contributed by atoms with Crippen LogP contribution in [0.5, 0.6) is 0 Å². The van der Waals surface area contributed by atoms with Gasteiger partial charge < -0.3 is 10.2 Å². The molecule has 6 nitrogen and oxygen atoms in total. The van der Waals surface area contributed by atoms with Gasteiger partial charge in [0.05, 0.1) is 0 Å². The van der Waals surface area contributed by atoms with Gasteiger partial charge in [-0.1, -0.05) is 6.07 Å². The number of hydrogen-bond donors (Lipinski definition) is 1. The molecule has 2 aliphatic carbocycles. The summed E-state index contributed by atoms with van der Waals surface area (Å²) in [6, 6.07) is 6.56. The minimum absolute atomic E-state index is 0.147. The highest BCUT2D eigenvalue weighted by Crippen LogP contribution is 2.44. The standard InChI is InChI=1S/C19H25N5O/c25-19(20-17(13-4-5-13)14-6-7-14)23-11-8-15(9-12-23)18-22-21-16-3-1-2-10-24(16)18/h1-3,10,13-15,17H,4-9,11-12H2,(H,20,25). The zero-order chi connectivity index (χ0) is 16.8. The van der Waals surface area contributed by atoms with E-state index < -0.39 is 0 Å². The quantitative estimate of drug-likeness (QED) is 0.932. The zero-order valence-corrected chi connectivity index (χ0v) is 14.5. The molecule has 6 heteroatoms. The van der Waals surface area contributed by atoms with E-state index in [1.54, 1.807) is 0 Å². The zero-order valence-electron chi connectivity index (χ0n) is 14.5.